The quantitative estimate of drug-likeness (QED) is 0.630. The Morgan fingerprint density at radius 1 is 1.26 bits per heavy atom. The standard InChI is InChI=1S/C17H21N3O2S/c1-11(2)14-9-15(21)20-17(19-14)23-10-16(22)18-12(3)13-7-5-4-6-8-13/h4-9,11-12H,10H2,1-3H3,(H,18,22)(H,19,20,21)/t12-/m0/s1. The van der Waals surface area contributed by atoms with Crippen molar-refractivity contribution in [3.05, 3.63) is 58.0 Å². The summed E-state index contributed by atoms with van der Waals surface area (Å²) in [5.41, 5.74) is 1.60. The van der Waals surface area contributed by atoms with Gasteiger partial charge in [-0.1, -0.05) is 55.9 Å². The summed E-state index contributed by atoms with van der Waals surface area (Å²) in [6, 6.07) is 11.2. The maximum atomic E-state index is 12.1. The van der Waals surface area contributed by atoms with Gasteiger partial charge in [0, 0.05) is 6.07 Å². The summed E-state index contributed by atoms with van der Waals surface area (Å²) in [4.78, 5) is 30.7. The summed E-state index contributed by atoms with van der Waals surface area (Å²) in [7, 11) is 0. The highest BCUT2D eigenvalue weighted by Crippen LogP contribution is 2.16. The number of amides is 1. The van der Waals surface area contributed by atoms with Crippen molar-refractivity contribution < 1.29 is 4.79 Å². The molecule has 0 aliphatic rings. The molecular formula is C17H21N3O2S. The topological polar surface area (TPSA) is 74.8 Å². The fraction of sp³-hybridized carbons (Fsp3) is 0.353. The van der Waals surface area contributed by atoms with Crippen LogP contribution < -0.4 is 10.9 Å². The number of benzene rings is 1. The molecule has 2 N–H and O–H groups in total. The molecule has 0 spiro atoms. The third-order valence-electron chi connectivity index (χ3n) is 3.35. The van der Waals surface area contributed by atoms with E-state index in [1.54, 1.807) is 0 Å². The molecule has 6 heteroatoms. The molecule has 1 atom stereocenters. The van der Waals surface area contributed by atoms with Gasteiger partial charge in [-0.15, -0.1) is 0 Å². The van der Waals surface area contributed by atoms with Crippen LogP contribution in [0.1, 0.15) is 44.0 Å². The van der Waals surface area contributed by atoms with E-state index >= 15 is 0 Å². The monoisotopic (exact) mass is 331 g/mol. The van der Waals surface area contributed by atoms with Crippen molar-refractivity contribution in [2.75, 3.05) is 5.75 Å². The number of carbonyl (C=O) groups excluding carboxylic acids is 1. The van der Waals surface area contributed by atoms with Crippen molar-refractivity contribution in [1.82, 2.24) is 15.3 Å². The summed E-state index contributed by atoms with van der Waals surface area (Å²) in [5.74, 6) is 0.286. The van der Waals surface area contributed by atoms with Gasteiger partial charge < -0.3 is 10.3 Å². The van der Waals surface area contributed by atoms with Gasteiger partial charge in [-0.25, -0.2) is 4.98 Å². The number of carbonyl (C=O) groups is 1. The van der Waals surface area contributed by atoms with Crippen LogP contribution in [-0.2, 0) is 4.79 Å². The van der Waals surface area contributed by atoms with E-state index in [9.17, 15) is 9.59 Å². The van der Waals surface area contributed by atoms with Gasteiger partial charge in [0.1, 0.15) is 0 Å². The maximum Gasteiger partial charge on any atom is 0.251 e. The number of aromatic nitrogens is 2. The van der Waals surface area contributed by atoms with Crippen molar-refractivity contribution in [1.29, 1.82) is 0 Å². The highest BCUT2D eigenvalue weighted by molar-refractivity contribution is 7.99. The Hall–Kier alpha value is -2.08. The number of aromatic amines is 1. The largest absolute Gasteiger partial charge is 0.349 e. The fourth-order valence-corrected chi connectivity index (χ4v) is 2.75. The third-order valence-corrected chi connectivity index (χ3v) is 4.22. The minimum atomic E-state index is -0.190. The van der Waals surface area contributed by atoms with Crippen molar-refractivity contribution in [3.8, 4) is 0 Å². The van der Waals surface area contributed by atoms with Crippen molar-refractivity contribution >= 4 is 17.7 Å². The zero-order valence-corrected chi connectivity index (χ0v) is 14.3. The van der Waals surface area contributed by atoms with Gasteiger partial charge in [0.2, 0.25) is 5.91 Å². The first-order chi connectivity index (χ1) is 11.0. The molecule has 2 aromatic rings. The van der Waals surface area contributed by atoms with Crippen LogP contribution in [0.2, 0.25) is 0 Å². The van der Waals surface area contributed by atoms with Crippen LogP contribution in [-0.4, -0.2) is 21.6 Å². The SMILES string of the molecule is CC(C)c1cc(=O)[nH]c(SCC(=O)N[C@@H](C)c2ccccc2)n1. The highest BCUT2D eigenvalue weighted by atomic mass is 32.2. The first-order valence-electron chi connectivity index (χ1n) is 7.54. The molecule has 0 aliphatic carbocycles. The van der Waals surface area contributed by atoms with Crippen LogP contribution in [0.5, 0.6) is 0 Å². The number of nitrogens with one attached hydrogen (secondary N) is 2. The summed E-state index contributed by atoms with van der Waals surface area (Å²) < 4.78 is 0. The average Bonchev–Trinajstić information content (AvgIpc) is 2.53. The van der Waals surface area contributed by atoms with Gasteiger partial charge in [-0.3, -0.25) is 9.59 Å². The molecule has 1 amide bonds. The number of hydrogen-bond donors (Lipinski definition) is 2. The molecule has 0 aliphatic heterocycles. The summed E-state index contributed by atoms with van der Waals surface area (Å²) >= 11 is 1.23. The Kier molecular flexibility index (Phi) is 5.98. The Labute approximate surface area is 139 Å². The predicted octanol–water partition coefficient (Wildman–Crippen LogP) is 2.86. The summed E-state index contributed by atoms with van der Waals surface area (Å²) in [6.07, 6.45) is 0. The van der Waals surface area contributed by atoms with Gasteiger partial charge in [0.15, 0.2) is 5.16 Å². The minimum Gasteiger partial charge on any atom is -0.349 e. The van der Waals surface area contributed by atoms with E-state index in [0.29, 0.717) is 5.16 Å². The third kappa shape index (κ3) is 5.25. The average molecular weight is 331 g/mol. The highest BCUT2D eigenvalue weighted by Gasteiger charge is 2.11. The lowest BCUT2D eigenvalue weighted by Crippen LogP contribution is -2.28. The molecule has 122 valence electrons. The second-order valence-electron chi connectivity index (χ2n) is 5.62. The Morgan fingerprint density at radius 2 is 1.96 bits per heavy atom. The van der Waals surface area contributed by atoms with Gasteiger partial charge >= 0.3 is 0 Å². The summed E-state index contributed by atoms with van der Waals surface area (Å²) in [5, 5.41) is 3.41. The molecule has 0 bridgehead atoms. The van der Waals surface area contributed by atoms with E-state index in [0.717, 1.165) is 11.3 Å². The van der Waals surface area contributed by atoms with Crippen LogP contribution >= 0.6 is 11.8 Å². The van der Waals surface area contributed by atoms with Crippen molar-refractivity contribution in [2.45, 2.75) is 37.9 Å². The van der Waals surface area contributed by atoms with Gasteiger partial charge in [0.05, 0.1) is 17.5 Å². The lowest BCUT2D eigenvalue weighted by molar-refractivity contribution is -0.119. The van der Waals surface area contributed by atoms with Crippen LogP contribution in [0.25, 0.3) is 0 Å². The van der Waals surface area contributed by atoms with E-state index in [1.165, 1.54) is 17.8 Å². The molecule has 1 heterocycles. The molecule has 1 aromatic heterocycles. The number of hydrogen-bond acceptors (Lipinski definition) is 4. The minimum absolute atomic E-state index is 0.0571. The van der Waals surface area contributed by atoms with E-state index in [2.05, 4.69) is 15.3 Å². The molecule has 2 rings (SSSR count). The van der Waals surface area contributed by atoms with Gasteiger partial charge in [0.25, 0.3) is 5.56 Å². The smallest absolute Gasteiger partial charge is 0.251 e. The Morgan fingerprint density at radius 3 is 2.61 bits per heavy atom. The zero-order chi connectivity index (χ0) is 16.8. The molecule has 0 saturated carbocycles. The normalized spacial score (nSPS) is 12.2. The fourth-order valence-electron chi connectivity index (χ4n) is 2.06. The van der Waals surface area contributed by atoms with E-state index in [1.807, 2.05) is 51.1 Å². The van der Waals surface area contributed by atoms with E-state index in [-0.39, 0.29) is 29.2 Å². The van der Waals surface area contributed by atoms with E-state index < -0.39 is 0 Å². The first-order valence-corrected chi connectivity index (χ1v) is 8.52. The molecule has 0 unspecified atom stereocenters. The van der Waals surface area contributed by atoms with Crippen LogP contribution in [0.4, 0.5) is 0 Å². The Bertz CT molecular complexity index is 713. The number of nitrogens with zero attached hydrogens (tertiary/aromatic N) is 1. The first kappa shape index (κ1) is 17.3. The molecule has 0 fully saturated rings. The van der Waals surface area contributed by atoms with Crippen molar-refractivity contribution in [2.24, 2.45) is 0 Å². The molecule has 0 radical (unpaired) electrons. The number of thioether (sulfide) groups is 1. The lowest BCUT2D eigenvalue weighted by Gasteiger charge is -2.14. The summed E-state index contributed by atoms with van der Waals surface area (Å²) in [6.45, 7) is 5.90. The zero-order valence-electron chi connectivity index (χ0n) is 13.5. The number of H-pyrrole nitrogens is 1. The van der Waals surface area contributed by atoms with Gasteiger partial charge in [-0.2, -0.15) is 0 Å². The molecule has 0 saturated heterocycles. The van der Waals surface area contributed by atoms with Gasteiger partial charge in [-0.05, 0) is 18.4 Å². The molecule has 23 heavy (non-hydrogen) atoms. The van der Waals surface area contributed by atoms with E-state index in [4.69, 9.17) is 0 Å². The molecular weight excluding hydrogens is 310 g/mol. The molecule has 5 nitrogen and oxygen atoms in total. The predicted molar refractivity (Wildman–Crippen MR) is 92.7 cm³/mol. The van der Waals surface area contributed by atoms with Crippen LogP contribution in [0.3, 0.4) is 0 Å². The number of rotatable bonds is 6. The van der Waals surface area contributed by atoms with Crippen molar-refractivity contribution in [3.63, 3.8) is 0 Å². The van der Waals surface area contributed by atoms with Crippen LogP contribution in [0, 0.1) is 0 Å². The second kappa shape index (κ2) is 7.97. The molecule has 1 aromatic carbocycles. The van der Waals surface area contributed by atoms with Crippen LogP contribution in [0.15, 0.2) is 46.3 Å². The maximum absolute atomic E-state index is 12.1. The second-order valence-corrected chi connectivity index (χ2v) is 6.58. The Balaban J connectivity index is 1.93. The lowest BCUT2D eigenvalue weighted by atomic mass is 10.1.